The lowest BCUT2D eigenvalue weighted by molar-refractivity contribution is 0.669. The molecule has 0 N–H and O–H groups in total. The van der Waals surface area contributed by atoms with E-state index in [2.05, 4.69) is 169 Å². The van der Waals surface area contributed by atoms with E-state index in [4.69, 9.17) is 8.83 Å². The van der Waals surface area contributed by atoms with Crippen LogP contribution in [0.5, 0.6) is 0 Å². The molecule has 4 heteroatoms. The summed E-state index contributed by atoms with van der Waals surface area (Å²) in [7, 11) is 0. The van der Waals surface area contributed by atoms with E-state index in [-0.39, 0.29) is 0 Å². The van der Waals surface area contributed by atoms with Gasteiger partial charge < -0.3 is 13.7 Å². The van der Waals surface area contributed by atoms with E-state index < -0.39 is 0 Å². The molecule has 0 radical (unpaired) electrons. The zero-order valence-corrected chi connectivity index (χ0v) is 28.7. The number of nitrogens with zero attached hydrogens (tertiary/aromatic N) is 1. The molecule has 0 saturated heterocycles. The van der Waals surface area contributed by atoms with Crippen LogP contribution < -0.4 is 4.90 Å². The Hall–Kier alpha value is -6.62. The fourth-order valence-electron chi connectivity index (χ4n) is 7.93. The topological polar surface area (TPSA) is 29.5 Å². The Labute approximate surface area is 303 Å². The summed E-state index contributed by atoms with van der Waals surface area (Å²) in [5.74, 6) is 0. The molecule has 3 heterocycles. The van der Waals surface area contributed by atoms with Gasteiger partial charge in [0.05, 0.1) is 11.4 Å². The maximum atomic E-state index is 6.73. The van der Waals surface area contributed by atoms with Gasteiger partial charge in [-0.2, -0.15) is 0 Å². The summed E-state index contributed by atoms with van der Waals surface area (Å²) in [5, 5.41) is 6.81. The molecule has 0 saturated carbocycles. The van der Waals surface area contributed by atoms with E-state index >= 15 is 0 Å². The van der Waals surface area contributed by atoms with Crippen molar-refractivity contribution in [3.8, 4) is 22.3 Å². The third-order valence-electron chi connectivity index (χ3n) is 10.3. The molecular weight excluding hydrogens is 655 g/mol. The zero-order chi connectivity index (χ0) is 34.2. The number of benzene rings is 8. The van der Waals surface area contributed by atoms with Gasteiger partial charge in [-0.05, 0) is 59.2 Å². The molecule has 0 spiro atoms. The van der Waals surface area contributed by atoms with Crippen molar-refractivity contribution < 1.29 is 8.83 Å². The first-order chi connectivity index (χ1) is 25.8. The summed E-state index contributed by atoms with van der Waals surface area (Å²) in [6, 6.07) is 62.3. The first kappa shape index (κ1) is 29.1. The lowest BCUT2D eigenvalue weighted by atomic mass is 9.99. The lowest BCUT2D eigenvalue weighted by Gasteiger charge is -2.27. The van der Waals surface area contributed by atoms with Gasteiger partial charge in [-0.25, -0.2) is 0 Å². The van der Waals surface area contributed by atoms with E-state index in [0.29, 0.717) is 0 Å². The van der Waals surface area contributed by atoms with Gasteiger partial charge in [0.1, 0.15) is 16.7 Å². The van der Waals surface area contributed by atoms with Crippen LogP contribution in [0.1, 0.15) is 0 Å². The first-order valence-electron chi connectivity index (χ1n) is 17.5. The van der Waals surface area contributed by atoms with Crippen molar-refractivity contribution in [2.45, 2.75) is 0 Å². The van der Waals surface area contributed by atoms with Crippen molar-refractivity contribution in [3.63, 3.8) is 0 Å². The number of fused-ring (bicyclic) bond motifs is 9. The van der Waals surface area contributed by atoms with E-state index in [1.807, 2.05) is 23.5 Å². The molecule has 0 bridgehead atoms. The average molecular weight is 684 g/mol. The third kappa shape index (κ3) is 4.38. The maximum absolute atomic E-state index is 6.73. The van der Waals surface area contributed by atoms with Crippen LogP contribution in [0.25, 0.3) is 86.3 Å². The molecule has 0 atom stereocenters. The fraction of sp³-hybridized carbons (Fsp3) is 0. The summed E-state index contributed by atoms with van der Waals surface area (Å²) in [6.45, 7) is 0. The Bertz CT molecular complexity index is 3130. The highest BCUT2D eigenvalue weighted by Crippen LogP contribution is 2.50. The molecule has 0 aliphatic heterocycles. The Kier molecular flexibility index (Phi) is 6.42. The number of rotatable bonds is 5. The number of hydrogen-bond donors (Lipinski definition) is 0. The summed E-state index contributed by atoms with van der Waals surface area (Å²) < 4.78 is 15.9. The standard InChI is InChI=1S/C48H29NO2S/c1-3-13-30(14-4-1)33-19-11-20-37-39-29-32(25-28-43(39)50-46(33)37)49(41-22-12-21-36-35-17-7-9-23-42(35)51-47(36)41)40-27-26-34(31-15-5-2-6-16-31)48-45(40)38-18-8-10-24-44(38)52-48/h1-29H. The maximum Gasteiger partial charge on any atom is 0.159 e. The summed E-state index contributed by atoms with van der Waals surface area (Å²) in [4.78, 5) is 2.39. The Balaban J connectivity index is 1.23. The quantitative estimate of drug-likeness (QED) is 0.181. The number of anilines is 3. The van der Waals surface area contributed by atoms with Crippen LogP contribution in [-0.2, 0) is 0 Å². The van der Waals surface area contributed by atoms with E-state index in [1.165, 1.54) is 31.3 Å². The molecule has 11 aromatic rings. The SMILES string of the molecule is c1ccc(-c2cccc3c2oc2ccc(N(c4cccc5c4oc4ccccc45)c4ccc(-c5ccccc5)c5sc6ccccc6c45)cc23)cc1. The third-order valence-corrected chi connectivity index (χ3v) is 11.5. The minimum Gasteiger partial charge on any atom is -0.455 e. The predicted octanol–water partition coefficient (Wildman–Crippen LogP) is 14.7. The van der Waals surface area contributed by atoms with Gasteiger partial charge in [-0.15, -0.1) is 11.3 Å². The number of hydrogen-bond acceptors (Lipinski definition) is 4. The van der Waals surface area contributed by atoms with Crippen molar-refractivity contribution >= 4 is 92.4 Å². The number of thiophene rings is 1. The largest absolute Gasteiger partial charge is 0.455 e. The average Bonchev–Trinajstić information content (AvgIpc) is 3.91. The summed E-state index contributed by atoms with van der Waals surface area (Å²) in [5.41, 5.74) is 11.2. The number of furan rings is 2. The molecular formula is C48H29NO2S. The second kappa shape index (κ2) is 11.5. The molecule has 8 aromatic carbocycles. The Morgan fingerprint density at radius 3 is 1.87 bits per heavy atom. The molecule has 0 amide bonds. The molecule has 3 nitrogen and oxygen atoms in total. The molecule has 0 aliphatic carbocycles. The van der Waals surface area contributed by atoms with E-state index in [0.717, 1.165) is 72.1 Å². The second-order valence-corrected chi connectivity index (χ2v) is 14.3. The first-order valence-corrected chi connectivity index (χ1v) is 18.3. The molecule has 3 aromatic heterocycles. The second-order valence-electron chi connectivity index (χ2n) is 13.2. The Morgan fingerprint density at radius 2 is 1.04 bits per heavy atom. The Morgan fingerprint density at radius 1 is 0.404 bits per heavy atom. The van der Waals surface area contributed by atoms with Crippen LogP contribution in [0, 0.1) is 0 Å². The van der Waals surface area contributed by atoms with E-state index in [9.17, 15) is 0 Å². The summed E-state index contributed by atoms with van der Waals surface area (Å²) in [6.07, 6.45) is 0. The van der Waals surface area contributed by atoms with Crippen LogP contribution in [0.15, 0.2) is 185 Å². The molecule has 244 valence electrons. The van der Waals surface area contributed by atoms with Gasteiger partial charge in [-0.3, -0.25) is 0 Å². The molecule has 52 heavy (non-hydrogen) atoms. The van der Waals surface area contributed by atoms with Crippen LogP contribution in [0.2, 0.25) is 0 Å². The van der Waals surface area contributed by atoms with Crippen LogP contribution in [0.4, 0.5) is 17.1 Å². The molecule has 0 fully saturated rings. The highest BCUT2D eigenvalue weighted by Gasteiger charge is 2.25. The van der Waals surface area contributed by atoms with Gasteiger partial charge in [0.2, 0.25) is 0 Å². The normalized spacial score (nSPS) is 11.8. The minimum absolute atomic E-state index is 0.854. The lowest BCUT2D eigenvalue weighted by Crippen LogP contribution is -2.10. The zero-order valence-electron chi connectivity index (χ0n) is 27.9. The molecule has 11 rings (SSSR count). The van der Waals surface area contributed by atoms with Crippen molar-refractivity contribution in [3.05, 3.63) is 176 Å². The molecule has 0 aliphatic rings. The monoisotopic (exact) mass is 683 g/mol. The van der Waals surface area contributed by atoms with Gasteiger partial charge in [0.15, 0.2) is 5.58 Å². The fourth-order valence-corrected chi connectivity index (χ4v) is 9.19. The highest BCUT2D eigenvalue weighted by molar-refractivity contribution is 7.26. The van der Waals surface area contributed by atoms with Gasteiger partial charge in [-0.1, -0.05) is 133 Å². The van der Waals surface area contributed by atoms with Gasteiger partial charge in [0, 0.05) is 53.0 Å². The van der Waals surface area contributed by atoms with E-state index in [1.54, 1.807) is 0 Å². The van der Waals surface area contributed by atoms with Crippen molar-refractivity contribution in [2.75, 3.05) is 4.90 Å². The van der Waals surface area contributed by atoms with Crippen molar-refractivity contribution in [1.29, 1.82) is 0 Å². The minimum atomic E-state index is 0.854. The summed E-state index contributed by atoms with van der Waals surface area (Å²) >= 11 is 1.85. The van der Waals surface area contributed by atoms with Gasteiger partial charge >= 0.3 is 0 Å². The molecule has 0 unspecified atom stereocenters. The van der Waals surface area contributed by atoms with Crippen LogP contribution in [-0.4, -0.2) is 0 Å². The predicted molar refractivity (Wildman–Crippen MR) is 219 cm³/mol. The number of para-hydroxylation sites is 3. The van der Waals surface area contributed by atoms with Crippen LogP contribution in [0.3, 0.4) is 0 Å². The highest BCUT2D eigenvalue weighted by atomic mass is 32.1. The van der Waals surface area contributed by atoms with Crippen molar-refractivity contribution in [1.82, 2.24) is 0 Å². The van der Waals surface area contributed by atoms with Gasteiger partial charge in [0.25, 0.3) is 0 Å². The van der Waals surface area contributed by atoms with Crippen molar-refractivity contribution in [2.24, 2.45) is 0 Å². The smallest absolute Gasteiger partial charge is 0.159 e. The van der Waals surface area contributed by atoms with Crippen LogP contribution >= 0.6 is 11.3 Å².